The molecule has 2 aromatic rings. The number of hydrogen-bond donors (Lipinski definition) is 3. The van der Waals surface area contributed by atoms with Gasteiger partial charge in [-0.15, -0.1) is 0 Å². The number of aromatic carboxylic acids is 1. The van der Waals surface area contributed by atoms with Crippen molar-refractivity contribution < 1.29 is 24.5 Å². The SMILES string of the molecule is O=C(Nc1ccc(O)c(C(=O)O)c1)Oc1ccc(C2CCCCC2)cc1. The number of aromatic hydroxyl groups is 1. The van der Waals surface area contributed by atoms with E-state index in [4.69, 9.17) is 9.84 Å². The summed E-state index contributed by atoms with van der Waals surface area (Å²) in [6.07, 6.45) is 5.50. The Morgan fingerprint density at radius 3 is 2.35 bits per heavy atom. The maximum absolute atomic E-state index is 12.0. The van der Waals surface area contributed by atoms with E-state index in [9.17, 15) is 14.7 Å². The number of hydrogen-bond acceptors (Lipinski definition) is 4. The van der Waals surface area contributed by atoms with Crippen LogP contribution < -0.4 is 10.1 Å². The third-order valence-corrected chi connectivity index (χ3v) is 4.64. The van der Waals surface area contributed by atoms with Crippen LogP contribution in [0.25, 0.3) is 0 Å². The summed E-state index contributed by atoms with van der Waals surface area (Å²) in [6, 6.07) is 11.3. The normalized spacial score (nSPS) is 14.6. The van der Waals surface area contributed by atoms with E-state index in [-0.39, 0.29) is 17.0 Å². The van der Waals surface area contributed by atoms with E-state index in [0.29, 0.717) is 11.7 Å². The van der Waals surface area contributed by atoms with Crippen LogP contribution in [-0.2, 0) is 0 Å². The molecule has 3 rings (SSSR count). The molecule has 1 aliphatic rings. The Morgan fingerprint density at radius 1 is 1.00 bits per heavy atom. The second-order valence-electron chi connectivity index (χ2n) is 6.46. The second-order valence-corrected chi connectivity index (χ2v) is 6.46. The minimum absolute atomic E-state index is 0.226. The molecule has 0 atom stereocenters. The average molecular weight is 355 g/mol. The molecule has 6 heteroatoms. The van der Waals surface area contributed by atoms with E-state index in [1.165, 1.54) is 55.9 Å². The van der Waals surface area contributed by atoms with Crippen LogP contribution in [0.15, 0.2) is 42.5 Å². The summed E-state index contributed by atoms with van der Waals surface area (Å²) in [5, 5.41) is 20.9. The number of nitrogens with one attached hydrogen (secondary N) is 1. The molecule has 26 heavy (non-hydrogen) atoms. The van der Waals surface area contributed by atoms with Crippen molar-refractivity contribution in [3.8, 4) is 11.5 Å². The Morgan fingerprint density at radius 2 is 1.69 bits per heavy atom. The molecule has 6 nitrogen and oxygen atoms in total. The molecular weight excluding hydrogens is 334 g/mol. The van der Waals surface area contributed by atoms with Crippen molar-refractivity contribution in [2.75, 3.05) is 5.32 Å². The van der Waals surface area contributed by atoms with Gasteiger partial charge in [-0.1, -0.05) is 31.4 Å². The molecule has 2 aromatic carbocycles. The minimum atomic E-state index is -1.28. The van der Waals surface area contributed by atoms with Gasteiger partial charge in [0.15, 0.2) is 0 Å². The van der Waals surface area contributed by atoms with E-state index in [1.54, 1.807) is 12.1 Å². The Balaban J connectivity index is 1.61. The number of carbonyl (C=O) groups is 2. The fourth-order valence-corrected chi connectivity index (χ4v) is 3.28. The predicted octanol–water partition coefficient (Wildman–Crippen LogP) is 4.75. The van der Waals surface area contributed by atoms with Crippen molar-refractivity contribution in [1.29, 1.82) is 0 Å². The van der Waals surface area contributed by atoms with Crippen LogP contribution >= 0.6 is 0 Å². The smallest absolute Gasteiger partial charge is 0.417 e. The number of benzene rings is 2. The highest BCUT2D eigenvalue weighted by molar-refractivity contribution is 5.94. The van der Waals surface area contributed by atoms with Crippen LogP contribution in [0.1, 0.15) is 53.9 Å². The van der Waals surface area contributed by atoms with Crippen molar-refractivity contribution >= 4 is 17.7 Å². The molecule has 0 radical (unpaired) electrons. The molecule has 0 heterocycles. The fourth-order valence-electron chi connectivity index (χ4n) is 3.28. The largest absolute Gasteiger partial charge is 0.507 e. The van der Waals surface area contributed by atoms with Gasteiger partial charge < -0.3 is 14.9 Å². The number of phenols is 1. The summed E-state index contributed by atoms with van der Waals surface area (Å²) in [6.45, 7) is 0. The number of rotatable bonds is 4. The number of carboxylic acid groups (broad SMARTS) is 1. The van der Waals surface area contributed by atoms with Gasteiger partial charge in [0.25, 0.3) is 0 Å². The molecule has 0 aromatic heterocycles. The van der Waals surface area contributed by atoms with Crippen molar-refractivity contribution in [2.45, 2.75) is 38.0 Å². The fraction of sp³-hybridized carbons (Fsp3) is 0.300. The number of ether oxygens (including phenoxy) is 1. The quantitative estimate of drug-likeness (QED) is 0.688. The van der Waals surface area contributed by atoms with Gasteiger partial charge in [0.05, 0.1) is 0 Å². The summed E-state index contributed by atoms with van der Waals surface area (Å²) < 4.78 is 5.23. The van der Waals surface area contributed by atoms with Crippen molar-refractivity contribution in [3.05, 3.63) is 53.6 Å². The lowest BCUT2D eigenvalue weighted by Gasteiger charge is -2.22. The number of anilines is 1. The van der Waals surface area contributed by atoms with Gasteiger partial charge in [-0.05, 0) is 54.7 Å². The Kier molecular flexibility index (Phi) is 5.41. The Labute approximate surface area is 151 Å². The zero-order valence-electron chi connectivity index (χ0n) is 14.3. The lowest BCUT2D eigenvalue weighted by atomic mass is 9.84. The molecule has 1 fully saturated rings. The van der Waals surface area contributed by atoms with E-state index < -0.39 is 12.1 Å². The molecular formula is C20H21NO5. The number of carbonyl (C=O) groups excluding carboxylic acids is 1. The summed E-state index contributed by atoms with van der Waals surface area (Å²) in [4.78, 5) is 23.0. The molecule has 136 valence electrons. The number of amides is 1. The van der Waals surface area contributed by atoms with E-state index in [2.05, 4.69) is 5.32 Å². The molecule has 1 saturated carbocycles. The maximum atomic E-state index is 12.0. The zero-order valence-corrected chi connectivity index (χ0v) is 14.3. The van der Waals surface area contributed by atoms with Gasteiger partial charge in [0.1, 0.15) is 17.1 Å². The molecule has 0 unspecified atom stereocenters. The summed E-state index contributed by atoms with van der Waals surface area (Å²) >= 11 is 0. The number of carboxylic acids is 1. The van der Waals surface area contributed by atoms with E-state index in [0.717, 1.165) is 0 Å². The monoisotopic (exact) mass is 355 g/mol. The van der Waals surface area contributed by atoms with Gasteiger partial charge >= 0.3 is 12.1 Å². The van der Waals surface area contributed by atoms with Crippen molar-refractivity contribution in [3.63, 3.8) is 0 Å². The lowest BCUT2D eigenvalue weighted by Crippen LogP contribution is -2.17. The Bertz CT molecular complexity index is 794. The topological polar surface area (TPSA) is 95.9 Å². The van der Waals surface area contributed by atoms with Crippen LogP contribution in [0.4, 0.5) is 10.5 Å². The lowest BCUT2D eigenvalue weighted by molar-refractivity contribution is 0.0693. The van der Waals surface area contributed by atoms with E-state index in [1.807, 2.05) is 12.1 Å². The van der Waals surface area contributed by atoms with Crippen molar-refractivity contribution in [2.24, 2.45) is 0 Å². The molecule has 3 N–H and O–H groups in total. The highest BCUT2D eigenvalue weighted by atomic mass is 16.6. The van der Waals surface area contributed by atoms with Gasteiger partial charge in [0.2, 0.25) is 0 Å². The Hall–Kier alpha value is -3.02. The molecule has 0 bridgehead atoms. The van der Waals surface area contributed by atoms with Crippen molar-refractivity contribution in [1.82, 2.24) is 0 Å². The van der Waals surface area contributed by atoms with Crippen LogP contribution in [0.2, 0.25) is 0 Å². The first-order valence-electron chi connectivity index (χ1n) is 8.68. The first-order chi connectivity index (χ1) is 12.5. The van der Waals surface area contributed by atoms with E-state index >= 15 is 0 Å². The third-order valence-electron chi connectivity index (χ3n) is 4.64. The molecule has 0 spiro atoms. The van der Waals surface area contributed by atoms with Gasteiger partial charge in [-0.25, -0.2) is 9.59 Å². The van der Waals surface area contributed by atoms with Gasteiger partial charge in [0, 0.05) is 5.69 Å². The summed E-state index contributed by atoms with van der Waals surface area (Å²) in [7, 11) is 0. The van der Waals surface area contributed by atoms with Crippen LogP contribution in [0, 0.1) is 0 Å². The maximum Gasteiger partial charge on any atom is 0.417 e. The minimum Gasteiger partial charge on any atom is -0.507 e. The zero-order chi connectivity index (χ0) is 18.5. The second kappa shape index (κ2) is 7.91. The first-order valence-corrected chi connectivity index (χ1v) is 8.68. The first kappa shape index (κ1) is 17.8. The van der Waals surface area contributed by atoms with Gasteiger partial charge in [-0.3, -0.25) is 5.32 Å². The highest BCUT2D eigenvalue weighted by Crippen LogP contribution is 2.33. The van der Waals surface area contributed by atoms with Crippen LogP contribution in [0.5, 0.6) is 11.5 Å². The molecule has 0 saturated heterocycles. The summed E-state index contributed by atoms with van der Waals surface area (Å²) in [5.74, 6) is -0.648. The molecule has 0 aliphatic heterocycles. The highest BCUT2D eigenvalue weighted by Gasteiger charge is 2.16. The average Bonchev–Trinajstić information content (AvgIpc) is 2.64. The van der Waals surface area contributed by atoms with Gasteiger partial charge in [-0.2, -0.15) is 0 Å². The standard InChI is InChI=1S/C20H21NO5/c22-18-11-8-15(12-17(18)19(23)24)21-20(25)26-16-9-6-14(7-10-16)13-4-2-1-3-5-13/h6-13,22H,1-5H2,(H,21,25)(H,23,24). The third kappa shape index (κ3) is 4.33. The summed E-state index contributed by atoms with van der Waals surface area (Å²) in [5.41, 5.74) is 1.20. The van der Waals surface area contributed by atoms with Crippen LogP contribution in [-0.4, -0.2) is 22.3 Å². The molecule has 1 aliphatic carbocycles. The predicted molar refractivity (Wildman–Crippen MR) is 97.0 cm³/mol. The molecule has 1 amide bonds. The van der Waals surface area contributed by atoms with Crippen LogP contribution in [0.3, 0.4) is 0 Å².